The number of halogens is 6. The largest absolute Gasteiger partial charge is 0.417 e. The fourth-order valence-corrected chi connectivity index (χ4v) is 2.32. The van der Waals surface area contributed by atoms with Crippen molar-refractivity contribution in [1.82, 2.24) is 0 Å². The number of carbonyl (C=O) groups is 1. The molecule has 150 valence electrons. The normalized spacial score (nSPS) is 13.0. The molecular weight excluding hydrogens is 388 g/mol. The van der Waals surface area contributed by atoms with E-state index in [1.807, 2.05) is 0 Å². The Kier molecular flexibility index (Phi) is 6.18. The lowest BCUT2D eigenvalue weighted by atomic mass is 9.94. The topological polar surface area (TPSA) is 29.1 Å². The van der Waals surface area contributed by atoms with E-state index in [2.05, 4.69) is 16.8 Å². The molecular formula is C18H21F6NOSi. The molecule has 0 saturated carbocycles. The van der Waals surface area contributed by atoms with E-state index in [1.165, 1.54) is 20.8 Å². The molecule has 0 spiro atoms. The molecule has 0 bridgehead atoms. The number of nitrogens with one attached hydrogen (secondary N) is 1. The van der Waals surface area contributed by atoms with Crippen LogP contribution in [0.2, 0.25) is 19.6 Å². The molecule has 0 fully saturated rings. The molecule has 27 heavy (non-hydrogen) atoms. The maximum Gasteiger partial charge on any atom is 0.417 e. The van der Waals surface area contributed by atoms with E-state index in [9.17, 15) is 31.1 Å². The molecule has 1 aromatic rings. The van der Waals surface area contributed by atoms with Crippen LogP contribution in [0.4, 0.5) is 32.0 Å². The Bertz CT molecular complexity index is 786. The van der Waals surface area contributed by atoms with Crippen LogP contribution in [-0.4, -0.2) is 14.0 Å². The van der Waals surface area contributed by atoms with Crippen molar-refractivity contribution < 1.29 is 31.1 Å². The first kappa shape index (κ1) is 23.1. The lowest BCUT2D eigenvalue weighted by molar-refractivity contribution is -0.143. The number of benzene rings is 1. The molecule has 9 heteroatoms. The summed E-state index contributed by atoms with van der Waals surface area (Å²) in [5, 5.41) is 2.19. The first-order chi connectivity index (χ1) is 11.8. The average molecular weight is 409 g/mol. The number of amides is 1. The van der Waals surface area contributed by atoms with Gasteiger partial charge in [0.05, 0.1) is 22.4 Å². The van der Waals surface area contributed by atoms with E-state index in [0.717, 1.165) is 0 Å². The molecule has 1 rings (SSSR count). The summed E-state index contributed by atoms with van der Waals surface area (Å²) in [5.41, 5.74) is -2.57. The summed E-state index contributed by atoms with van der Waals surface area (Å²) in [6.07, 6.45) is -10.1. The molecule has 1 N–H and O–H groups in total. The smallest absolute Gasteiger partial charge is 0.324 e. The monoisotopic (exact) mass is 409 g/mol. The lowest BCUT2D eigenvalue weighted by Gasteiger charge is -2.22. The van der Waals surface area contributed by atoms with Gasteiger partial charge >= 0.3 is 12.4 Å². The van der Waals surface area contributed by atoms with Crippen LogP contribution >= 0.6 is 0 Å². The van der Waals surface area contributed by atoms with Gasteiger partial charge in [0.1, 0.15) is 8.07 Å². The van der Waals surface area contributed by atoms with Crippen molar-refractivity contribution in [2.24, 2.45) is 5.41 Å². The van der Waals surface area contributed by atoms with E-state index in [4.69, 9.17) is 0 Å². The van der Waals surface area contributed by atoms with Crippen molar-refractivity contribution >= 4 is 19.7 Å². The second-order valence-corrected chi connectivity index (χ2v) is 12.9. The van der Waals surface area contributed by atoms with Crippen LogP contribution in [0.3, 0.4) is 0 Å². The summed E-state index contributed by atoms with van der Waals surface area (Å²) >= 11 is 0. The number of carbonyl (C=O) groups excluding carboxylic acids is 1. The maximum absolute atomic E-state index is 13.5. The molecule has 1 amide bonds. The summed E-state index contributed by atoms with van der Waals surface area (Å²) in [7, 11) is -2.14. The number of hydrogen-bond donors (Lipinski definition) is 1. The van der Waals surface area contributed by atoms with Gasteiger partial charge in [-0.2, -0.15) is 26.3 Å². The Morgan fingerprint density at radius 3 is 1.85 bits per heavy atom. The third kappa shape index (κ3) is 6.61. The molecule has 0 saturated heterocycles. The van der Waals surface area contributed by atoms with E-state index in [-0.39, 0.29) is 6.07 Å². The summed E-state index contributed by atoms with van der Waals surface area (Å²) in [5.74, 6) is 1.66. The van der Waals surface area contributed by atoms with Gasteiger partial charge in [0.25, 0.3) is 0 Å². The van der Waals surface area contributed by atoms with Gasteiger partial charge in [-0.3, -0.25) is 4.79 Å². The van der Waals surface area contributed by atoms with Gasteiger partial charge in [0, 0.05) is 5.41 Å². The van der Waals surface area contributed by atoms with Gasteiger partial charge in [-0.05, 0) is 12.1 Å². The van der Waals surface area contributed by atoms with Crippen LogP contribution in [0.25, 0.3) is 0 Å². The highest BCUT2D eigenvalue weighted by Gasteiger charge is 2.40. The molecule has 0 heterocycles. The van der Waals surface area contributed by atoms with Crippen LogP contribution in [0.15, 0.2) is 12.1 Å². The van der Waals surface area contributed by atoms with Gasteiger partial charge in [-0.15, -0.1) is 5.54 Å². The van der Waals surface area contributed by atoms with Crippen molar-refractivity contribution in [2.45, 2.75) is 52.8 Å². The second-order valence-electron chi connectivity index (χ2n) is 8.15. The Morgan fingerprint density at radius 2 is 1.48 bits per heavy atom. The lowest BCUT2D eigenvalue weighted by Crippen LogP contribution is -2.28. The van der Waals surface area contributed by atoms with Crippen LogP contribution in [-0.2, 0) is 17.1 Å². The summed E-state index contributed by atoms with van der Waals surface area (Å²) in [6, 6.07) is 0.522. The molecule has 2 nitrogen and oxygen atoms in total. The summed E-state index contributed by atoms with van der Waals surface area (Å²) < 4.78 is 79.7. The van der Waals surface area contributed by atoms with E-state index >= 15 is 0 Å². The third-order valence-electron chi connectivity index (χ3n) is 3.26. The second kappa shape index (κ2) is 7.22. The summed E-state index contributed by atoms with van der Waals surface area (Å²) in [6.45, 7) is 9.83. The minimum Gasteiger partial charge on any atom is -0.324 e. The zero-order valence-electron chi connectivity index (χ0n) is 15.8. The van der Waals surface area contributed by atoms with E-state index in [0.29, 0.717) is 6.07 Å². The zero-order valence-corrected chi connectivity index (χ0v) is 16.8. The van der Waals surface area contributed by atoms with Gasteiger partial charge < -0.3 is 5.32 Å². The first-order valence-electron chi connectivity index (χ1n) is 7.99. The Labute approximate surface area is 155 Å². The van der Waals surface area contributed by atoms with Gasteiger partial charge in [-0.25, -0.2) is 0 Å². The van der Waals surface area contributed by atoms with Crippen molar-refractivity contribution in [3.63, 3.8) is 0 Å². The molecule has 0 aliphatic carbocycles. The van der Waals surface area contributed by atoms with E-state index in [1.54, 1.807) is 19.6 Å². The first-order valence-corrected chi connectivity index (χ1v) is 11.5. The third-order valence-corrected chi connectivity index (χ3v) is 4.14. The van der Waals surface area contributed by atoms with Crippen molar-refractivity contribution in [3.8, 4) is 11.5 Å². The van der Waals surface area contributed by atoms with Crippen LogP contribution < -0.4 is 5.32 Å². The van der Waals surface area contributed by atoms with Gasteiger partial charge in [-0.1, -0.05) is 46.3 Å². The van der Waals surface area contributed by atoms with Crippen LogP contribution in [0.1, 0.15) is 37.5 Å². The number of hydrogen-bond acceptors (Lipinski definition) is 1. The predicted molar refractivity (Wildman–Crippen MR) is 94.8 cm³/mol. The van der Waals surface area contributed by atoms with Gasteiger partial charge in [0.15, 0.2) is 0 Å². The Morgan fingerprint density at radius 1 is 0.963 bits per heavy atom. The van der Waals surface area contributed by atoms with Crippen molar-refractivity contribution in [2.75, 3.05) is 5.32 Å². The minimum atomic E-state index is -5.06. The Hall–Kier alpha value is -1.95. The van der Waals surface area contributed by atoms with Crippen LogP contribution in [0, 0.1) is 16.9 Å². The Balaban J connectivity index is 3.82. The fraction of sp³-hybridized carbons (Fsp3) is 0.500. The van der Waals surface area contributed by atoms with Crippen LogP contribution in [0.5, 0.6) is 0 Å². The van der Waals surface area contributed by atoms with Crippen molar-refractivity contribution in [3.05, 3.63) is 28.8 Å². The highest BCUT2D eigenvalue weighted by Crippen LogP contribution is 2.40. The molecule has 0 radical (unpaired) electrons. The molecule has 0 aliphatic rings. The van der Waals surface area contributed by atoms with Gasteiger partial charge in [0.2, 0.25) is 5.91 Å². The molecule has 0 unspecified atom stereocenters. The summed E-state index contributed by atoms with van der Waals surface area (Å²) in [4.78, 5) is 12.2. The number of rotatable bonds is 1. The number of anilines is 1. The quantitative estimate of drug-likeness (QED) is 0.347. The molecule has 0 aromatic heterocycles. The number of alkyl halides is 6. The average Bonchev–Trinajstić information content (AvgIpc) is 2.41. The van der Waals surface area contributed by atoms with Crippen molar-refractivity contribution in [1.29, 1.82) is 0 Å². The molecule has 1 aromatic carbocycles. The zero-order chi connectivity index (χ0) is 21.4. The maximum atomic E-state index is 13.5. The molecule has 0 atom stereocenters. The standard InChI is InChI=1S/C18H21F6NOSi/c1-16(2,3)15(26)25-14-10-11(17(19,20)21)9-13(18(22,23)24)12(14)7-8-27(4,5)6/h9-10H,1-6H3,(H,25,26). The predicted octanol–water partition coefficient (Wildman–Crippen LogP) is 5.94. The fourth-order valence-electron chi connectivity index (χ4n) is 1.82. The molecule has 0 aliphatic heterocycles. The van der Waals surface area contributed by atoms with E-state index < -0.39 is 54.1 Å². The highest BCUT2D eigenvalue weighted by molar-refractivity contribution is 6.83. The minimum absolute atomic E-state index is 0.0287. The highest BCUT2D eigenvalue weighted by atomic mass is 28.3. The SMILES string of the molecule is CC(C)(C)C(=O)Nc1cc(C(F)(F)F)cc(C(F)(F)F)c1C#C[Si](C)(C)C.